The number of nitrogens with zero attached hydrogens (tertiary/aromatic N) is 1. The third-order valence-corrected chi connectivity index (χ3v) is 4.47. The molecule has 1 N–H and O–H groups in total. The Bertz CT molecular complexity index is 458. The van der Waals surface area contributed by atoms with E-state index in [0.717, 1.165) is 18.8 Å². The number of urea groups is 1. The van der Waals surface area contributed by atoms with Crippen LogP contribution in [0.15, 0.2) is 24.3 Å². The van der Waals surface area contributed by atoms with E-state index >= 15 is 0 Å². The van der Waals surface area contributed by atoms with Gasteiger partial charge < -0.3 is 10.2 Å². The van der Waals surface area contributed by atoms with Crippen LogP contribution in [-0.2, 0) is 6.54 Å². The van der Waals surface area contributed by atoms with Gasteiger partial charge in [0.25, 0.3) is 0 Å². The first-order chi connectivity index (χ1) is 9.58. The second-order valence-electron chi connectivity index (χ2n) is 6.12. The number of benzene rings is 1. The van der Waals surface area contributed by atoms with Crippen LogP contribution in [0.1, 0.15) is 43.7 Å². The van der Waals surface area contributed by atoms with Gasteiger partial charge in [-0.15, -0.1) is 0 Å². The van der Waals surface area contributed by atoms with Gasteiger partial charge in [-0.25, -0.2) is 4.79 Å². The van der Waals surface area contributed by atoms with Crippen molar-refractivity contribution in [2.24, 2.45) is 5.92 Å². The Kier molecular flexibility index (Phi) is 5.05. The number of nitrogens with one attached hydrogen (secondary N) is 1. The second-order valence-corrected chi connectivity index (χ2v) is 6.12. The standard InChI is InChI=1S/C17H26N2O/c1-13-7-6-10-16(11-13)19(3)17(20)18-12-15-9-5-4-8-14(15)2/h4-5,8-9,13,16H,6-7,10-12H2,1-3H3,(H,18,20). The minimum absolute atomic E-state index is 0.0485. The molecule has 1 aliphatic rings. The molecular formula is C17H26N2O. The molecule has 0 saturated heterocycles. The molecule has 0 bridgehead atoms. The fourth-order valence-electron chi connectivity index (χ4n) is 3.02. The van der Waals surface area contributed by atoms with Gasteiger partial charge >= 0.3 is 6.03 Å². The van der Waals surface area contributed by atoms with Gasteiger partial charge in [0.1, 0.15) is 0 Å². The zero-order chi connectivity index (χ0) is 14.5. The van der Waals surface area contributed by atoms with E-state index in [1.165, 1.54) is 24.0 Å². The Balaban J connectivity index is 1.86. The first-order valence-corrected chi connectivity index (χ1v) is 7.63. The fraction of sp³-hybridized carbons (Fsp3) is 0.588. The molecule has 0 aromatic heterocycles. The molecule has 2 unspecified atom stereocenters. The van der Waals surface area contributed by atoms with Crippen molar-refractivity contribution >= 4 is 6.03 Å². The summed E-state index contributed by atoms with van der Waals surface area (Å²) < 4.78 is 0. The van der Waals surface area contributed by atoms with Gasteiger partial charge in [-0.05, 0) is 36.8 Å². The lowest BCUT2D eigenvalue weighted by Crippen LogP contribution is -2.45. The molecule has 0 aliphatic heterocycles. The van der Waals surface area contributed by atoms with E-state index < -0.39 is 0 Å². The maximum absolute atomic E-state index is 12.2. The van der Waals surface area contributed by atoms with Gasteiger partial charge in [0, 0.05) is 19.6 Å². The van der Waals surface area contributed by atoms with Crippen LogP contribution in [0.5, 0.6) is 0 Å². The number of carbonyl (C=O) groups is 1. The predicted molar refractivity (Wildman–Crippen MR) is 82.6 cm³/mol. The first-order valence-electron chi connectivity index (χ1n) is 7.63. The molecule has 2 amide bonds. The lowest BCUT2D eigenvalue weighted by Gasteiger charge is -2.34. The molecule has 110 valence electrons. The van der Waals surface area contributed by atoms with Crippen molar-refractivity contribution in [2.75, 3.05) is 7.05 Å². The molecular weight excluding hydrogens is 248 g/mol. The average Bonchev–Trinajstić information content (AvgIpc) is 2.45. The zero-order valence-corrected chi connectivity index (χ0v) is 12.9. The molecule has 3 nitrogen and oxygen atoms in total. The van der Waals surface area contributed by atoms with Crippen molar-refractivity contribution in [1.82, 2.24) is 10.2 Å². The molecule has 3 heteroatoms. The van der Waals surface area contributed by atoms with Gasteiger partial charge in [-0.2, -0.15) is 0 Å². The highest BCUT2D eigenvalue weighted by Crippen LogP contribution is 2.26. The van der Waals surface area contributed by atoms with Crippen molar-refractivity contribution in [2.45, 2.75) is 52.1 Å². The lowest BCUT2D eigenvalue weighted by atomic mass is 9.86. The second kappa shape index (κ2) is 6.78. The summed E-state index contributed by atoms with van der Waals surface area (Å²) in [4.78, 5) is 14.1. The summed E-state index contributed by atoms with van der Waals surface area (Å²) in [5.74, 6) is 0.736. The number of carbonyl (C=O) groups excluding carboxylic acids is 1. The number of amides is 2. The van der Waals surface area contributed by atoms with Gasteiger partial charge in [-0.1, -0.05) is 44.0 Å². The summed E-state index contributed by atoms with van der Waals surface area (Å²) in [6.45, 7) is 4.97. The number of rotatable bonds is 3. The van der Waals surface area contributed by atoms with Crippen molar-refractivity contribution in [3.05, 3.63) is 35.4 Å². The van der Waals surface area contributed by atoms with E-state index in [2.05, 4.69) is 31.3 Å². The van der Waals surface area contributed by atoms with Crippen LogP contribution >= 0.6 is 0 Å². The highest BCUT2D eigenvalue weighted by molar-refractivity contribution is 5.74. The topological polar surface area (TPSA) is 32.3 Å². The Morgan fingerprint density at radius 3 is 2.80 bits per heavy atom. The van der Waals surface area contributed by atoms with E-state index in [1.54, 1.807) is 0 Å². The fourth-order valence-corrected chi connectivity index (χ4v) is 3.02. The van der Waals surface area contributed by atoms with Crippen LogP contribution in [0.25, 0.3) is 0 Å². The minimum atomic E-state index is 0.0485. The lowest BCUT2D eigenvalue weighted by molar-refractivity contribution is 0.160. The van der Waals surface area contributed by atoms with Crippen LogP contribution in [0.3, 0.4) is 0 Å². The van der Waals surface area contributed by atoms with Crippen molar-refractivity contribution < 1.29 is 4.79 Å². The van der Waals surface area contributed by atoms with Gasteiger partial charge in [0.05, 0.1) is 0 Å². The SMILES string of the molecule is Cc1ccccc1CNC(=O)N(C)C1CCCC(C)C1. The molecule has 2 rings (SSSR count). The van der Waals surface area contributed by atoms with E-state index in [0.29, 0.717) is 12.6 Å². The minimum Gasteiger partial charge on any atom is -0.334 e. The summed E-state index contributed by atoms with van der Waals surface area (Å²) in [7, 11) is 1.93. The van der Waals surface area contributed by atoms with Crippen molar-refractivity contribution in [3.63, 3.8) is 0 Å². The molecule has 1 fully saturated rings. The van der Waals surface area contributed by atoms with Crippen LogP contribution in [0.2, 0.25) is 0 Å². The Morgan fingerprint density at radius 2 is 2.10 bits per heavy atom. The number of hydrogen-bond donors (Lipinski definition) is 1. The van der Waals surface area contributed by atoms with E-state index in [9.17, 15) is 4.79 Å². The summed E-state index contributed by atoms with van der Waals surface area (Å²) >= 11 is 0. The Morgan fingerprint density at radius 1 is 1.35 bits per heavy atom. The predicted octanol–water partition coefficient (Wildman–Crippen LogP) is 3.72. The molecule has 0 radical (unpaired) electrons. The molecule has 2 atom stereocenters. The molecule has 20 heavy (non-hydrogen) atoms. The van der Waals surface area contributed by atoms with Crippen molar-refractivity contribution in [3.8, 4) is 0 Å². The van der Waals surface area contributed by atoms with Crippen LogP contribution in [0.4, 0.5) is 4.79 Å². The Hall–Kier alpha value is -1.51. The maximum atomic E-state index is 12.2. The van der Waals surface area contributed by atoms with Crippen LogP contribution < -0.4 is 5.32 Å². The van der Waals surface area contributed by atoms with Crippen LogP contribution in [0, 0.1) is 12.8 Å². The van der Waals surface area contributed by atoms with E-state index in [4.69, 9.17) is 0 Å². The van der Waals surface area contributed by atoms with E-state index in [-0.39, 0.29) is 6.03 Å². The molecule has 0 spiro atoms. The Labute approximate surface area is 122 Å². The number of hydrogen-bond acceptors (Lipinski definition) is 1. The third kappa shape index (κ3) is 3.75. The smallest absolute Gasteiger partial charge is 0.317 e. The summed E-state index contributed by atoms with van der Waals surface area (Å²) in [6.07, 6.45) is 4.81. The quantitative estimate of drug-likeness (QED) is 0.895. The van der Waals surface area contributed by atoms with Gasteiger partial charge in [-0.3, -0.25) is 0 Å². The van der Waals surface area contributed by atoms with E-state index in [1.807, 2.05) is 24.1 Å². The first kappa shape index (κ1) is 14.9. The maximum Gasteiger partial charge on any atom is 0.317 e. The largest absolute Gasteiger partial charge is 0.334 e. The van der Waals surface area contributed by atoms with Crippen LogP contribution in [-0.4, -0.2) is 24.0 Å². The normalized spacial score (nSPS) is 22.4. The third-order valence-electron chi connectivity index (χ3n) is 4.47. The zero-order valence-electron chi connectivity index (χ0n) is 12.9. The molecule has 1 aromatic rings. The average molecular weight is 274 g/mol. The van der Waals surface area contributed by atoms with Gasteiger partial charge in [0.2, 0.25) is 0 Å². The summed E-state index contributed by atoms with van der Waals surface area (Å²) in [5, 5.41) is 3.04. The van der Waals surface area contributed by atoms with Crippen molar-refractivity contribution in [1.29, 1.82) is 0 Å². The highest BCUT2D eigenvalue weighted by atomic mass is 16.2. The summed E-state index contributed by atoms with van der Waals surface area (Å²) in [5.41, 5.74) is 2.41. The molecule has 1 aromatic carbocycles. The summed E-state index contributed by atoms with van der Waals surface area (Å²) in [6, 6.07) is 8.63. The monoisotopic (exact) mass is 274 g/mol. The van der Waals surface area contributed by atoms with Gasteiger partial charge in [0.15, 0.2) is 0 Å². The number of aryl methyl sites for hydroxylation is 1. The molecule has 1 aliphatic carbocycles. The molecule has 1 saturated carbocycles. The molecule has 0 heterocycles. The highest BCUT2D eigenvalue weighted by Gasteiger charge is 2.25.